The van der Waals surface area contributed by atoms with Crippen molar-refractivity contribution in [3.05, 3.63) is 41.5 Å². The number of carbonyl (C=O) groups is 1. The van der Waals surface area contributed by atoms with Gasteiger partial charge in [0, 0.05) is 5.57 Å². The fraction of sp³-hybridized carbons (Fsp3) is 0.438. The van der Waals surface area contributed by atoms with Crippen LogP contribution in [0.1, 0.15) is 45.1 Å². The van der Waals surface area contributed by atoms with Gasteiger partial charge in [-0.25, -0.2) is 4.79 Å². The van der Waals surface area contributed by atoms with Gasteiger partial charge in [-0.3, -0.25) is 0 Å². The first kappa shape index (κ1) is 14.5. The Hall–Kier alpha value is -1.57. The zero-order valence-electron chi connectivity index (χ0n) is 11.5. The minimum Gasteiger partial charge on any atom is -0.466 e. The van der Waals surface area contributed by atoms with Gasteiger partial charge in [-0.15, -0.1) is 0 Å². The van der Waals surface area contributed by atoms with Crippen molar-refractivity contribution in [2.24, 2.45) is 0 Å². The van der Waals surface area contributed by atoms with E-state index in [4.69, 9.17) is 4.74 Å². The summed E-state index contributed by atoms with van der Waals surface area (Å²) in [6, 6.07) is 10.1. The fourth-order valence-corrected chi connectivity index (χ4v) is 2.02. The van der Waals surface area contributed by atoms with Gasteiger partial charge < -0.3 is 4.74 Å². The van der Waals surface area contributed by atoms with E-state index < -0.39 is 0 Å². The normalized spacial score (nSPS) is 11.9. The number of carbonyl (C=O) groups excluding carboxylic acids is 1. The lowest BCUT2D eigenvalue weighted by atomic mass is 9.95. The lowest BCUT2D eigenvalue weighted by Gasteiger charge is -2.11. The summed E-state index contributed by atoms with van der Waals surface area (Å²) in [5, 5.41) is 0. The van der Waals surface area contributed by atoms with Crippen molar-refractivity contribution < 1.29 is 9.53 Å². The summed E-state index contributed by atoms with van der Waals surface area (Å²) in [6.07, 6.45) is 4.40. The molecule has 18 heavy (non-hydrogen) atoms. The van der Waals surface area contributed by atoms with Gasteiger partial charge in [0.1, 0.15) is 0 Å². The molecule has 2 heteroatoms. The van der Waals surface area contributed by atoms with E-state index in [1.807, 2.05) is 37.3 Å². The predicted molar refractivity (Wildman–Crippen MR) is 75.2 cm³/mol. The van der Waals surface area contributed by atoms with Crippen molar-refractivity contribution in [1.82, 2.24) is 0 Å². The van der Waals surface area contributed by atoms with Gasteiger partial charge in [0.25, 0.3) is 0 Å². The molecule has 0 aliphatic rings. The lowest BCUT2D eigenvalue weighted by molar-refractivity contribution is -0.135. The van der Waals surface area contributed by atoms with E-state index in [9.17, 15) is 4.79 Å². The average Bonchev–Trinajstić information content (AvgIpc) is 2.43. The molecule has 0 heterocycles. The summed E-state index contributed by atoms with van der Waals surface area (Å²) in [5.41, 5.74) is 2.95. The van der Waals surface area contributed by atoms with E-state index >= 15 is 0 Å². The van der Waals surface area contributed by atoms with Crippen LogP contribution < -0.4 is 0 Å². The maximum Gasteiger partial charge on any atom is 0.333 e. The largest absolute Gasteiger partial charge is 0.466 e. The highest BCUT2D eigenvalue weighted by molar-refractivity contribution is 5.97. The monoisotopic (exact) mass is 246 g/mol. The summed E-state index contributed by atoms with van der Waals surface area (Å²) in [4.78, 5) is 11.7. The van der Waals surface area contributed by atoms with Crippen LogP contribution >= 0.6 is 0 Å². The van der Waals surface area contributed by atoms with Crippen LogP contribution in [0.3, 0.4) is 0 Å². The number of allylic oxidation sites excluding steroid dienone is 1. The number of methoxy groups -OCH3 is 1. The predicted octanol–water partition coefficient (Wildman–Crippen LogP) is 4.21. The van der Waals surface area contributed by atoms with Crippen LogP contribution in [0.5, 0.6) is 0 Å². The van der Waals surface area contributed by atoms with Crippen molar-refractivity contribution in [3.63, 3.8) is 0 Å². The molecule has 98 valence electrons. The SMILES string of the molecule is CCCCC/C(=C(\C)C(=O)OC)c1ccccc1. The van der Waals surface area contributed by atoms with Crippen molar-refractivity contribution in [3.8, 4) is 0 Å². The number of hydrogen-bond acceptors (Lipinski definition) is 2. The first-order chi connectivity index (χ1) is 8.70. The number of benzene rings is 1. The molecule has 0 radical (unpaired) electrons. The smallest absolute Gasteiger partial charge is 0.333 e. The number of rotatable bonds is 6. The molecule has 2 nitrogen and oxygen atoms in total. The number of ether oxygens (including phenoxy) is 1. The Morgan fingerprint density at radius 2 is 1.83 bits per heavy atom. The summed E-state index contributed by atoms with van der Waals surface area (Å²) < 4.78 is 4.82. The molecular formula is C16H22O2. The highest BCUT2D eigenvalue weighted by Crippen LogP contribution is 2.25. The van der Waals surface area contributed by atoms with Gasteiger partial charge >= 0.3 is 5.97 Å². The first-order valence-corrected chi connectivity index (χ1v) is 6.54. The maximum absolute atomic E-state index is 11.7. The third kappa shape index (κ3) is 4.02. The van der Waals surface area contributed by atoms with Crippen molar-refractivity contribution in [2.45, 2.75) is 39.5 Å². The minimum absolute atomic E-state index is 0.231. The molecular weight excluding hydrogens is 224 g/mol. The second-order valence-electron chi connectivity index (χ2n) is 4.42. The Balaban J connectivity index is 2.99. The Morgan fingerprint density at radius 3 is 2.39 bits per heavy atom. The van der Waals surface area contributed by atoms with Crippen LogP contribution in [0.2, 0.25) is 0 Å². The summed E-state index contributed by atoms with van der Waals surface area (Å²) in [5.74, 6) is -0.231. The molecule has 0 aliphatic carbocycles. The zero-order valence-corrected chi connectivity index (χ0v) is 11.5. The minimum atomic E-state index is -0.231. The molecule has 0 spiro atoms. The molecule has 0 aliphatic heterocycles. The fourth-order valence-electron chi connectivity index (χ4n) is 2.02. The molecule has 0 amide bonds. The van der Waals surface area contributed by atoms with E-state index in [1.54, 1.807) is 0 Å². The highest BCUT2D eigenvalue weighted by atomic mass is 16.5. The van der Waals surface area contributed by atoms with Gasteiger partial charge in [-0.05, 0) is 30.9 Å². The highest BCUT2D eigenvalue weighted by Gasteiger charge is 2.12. The number of unbranched alkanes of at least 4 members (excludes halogenated alkanes) is 2. The van der Waals surface area contributed by atoms with Gasteiger partial charge in [-0.1, -0.05) is 50.1 Å². The quantitative estimate of drug-likeness (QED) is 0.427. The molecule has 0 aromatic heterocycles. The van der Waals surface area contributed by atoms with E-state index in [-0.39, 0.29) is 5.97 Å². The maximum atomic E-state index is 11.7. The van der Waals surface area contributed by atoms with Crippen LogP contribution in [-0.2, 0) is 9.53 Å². The van der Waals surface area contributed by atoms with Crippen molar-refractivity contribution >= 4 is 11.5 Å². The van der Waals surface area contributed by atoms with E-state index in [1.165, 1.54) is 20.0 Å². The van der Waals surface area contributed by atoms with Crippen LogP contribution in [0.15, 0.2) is 35.9 Å². The molecule has 0 atom stereocenters. The Kier molecular flexibility index (Phi) is 6.20. The van der Waals surface area contributed by atoms with E-state index in [2.05, 4.69) is 6.92 Å². The zero-order chi connectivity index (χ0) is 13.4. The molecule has 1 rings (SSSR count). The molecule has 0 unspecified atom stereocenters. The lowest BCUT2D eigenvalue weighted by Crippen LogP contribution is -2.05. The standard InChI is InChI=1S/C16H22O2/c1-4-5-7-12-15(13(2)16(17)18-3)14-10-8-6-9-11-14/h6,8-11H,4-5,7,12H2,1-3H3/b15-13-. The number of hydrogen-bond donors (Lipinski definition) is 0. The van der Waals surface area contributed by atoms with Crippen LogP contribution in [0, 0.1) is 0 Å². The summed E-state index contributed by atoms with van der Waals surface area (Å²) in [6.45, 7) is 4.03. The van der Waals surface area contributed by atoms with Crippen LogP contribution in [-0.4, -0.2) is 13.1 Å². The molecule has 1 aromatic rings. The Bertz CT molecular complexity index is 404. The third-order valence-electron chi connectivity index (χ3n) is 3.10. The molecule has 0 N–H and O–H groups in total. The Labute approximate surface area is 110 Å². The van der Waals surface area contributed by atoms with E-state index in [0.29, 0.717) is 0 Å². The van der Waals surface area contributed by atoms with Gasteiger partial charge in [0.05, 0.1) is 7.11 Å². The molecule has 1 aromatic carbocycles. The van der Waals surface area contributed by atoms with Gasteiger partial charge in [0.2, 0.25) is 0 Å². The number of esters is 1. The van der Waals surface area contributed by atoms with Crippen molar-refractivity contribution in [1.29, 1.82) is 0 Å². The summed E-state index contributed by atoms with van der Waals surface area (Å²) >= 11 is 0. The average molecular weight is 246 g/mol. The van der Waals surface area contributed by atoms with Crippen LogP contribution in [0.25, 0.3) is 5.57 Å². The summed E-state index contributed by atoms with van der Waals surface area (Å²) in [7, 11) is 1.43. The second-order valence-corrected chi connectivity index (χ2v) is 4.42. The Morgan fingerprint density at radius 1 is 1.17 bits per heavy atom. The van der Waals surface area contributed by atoms with Gasteiger partial charge in [0.15, 0.2) is 0 Å². The molecule has 0 bridgehead atoms. The van der Waals surface area contributed by atoms with Crippen molar-refractivity contribution in [2.75, 3.05) is 7.11 Å². The van der Waals surface area contributed by atoms with E-state index in [0.717, 1.165) is 29.6 Å². The molecule has 0 saturated carbocycles. The van der Waals surface area contributed by atoms with Crippen LogP contribution in [0.4, 0.5) is 0 Å². The topological polar surface area (TPSA) is 26.3 Å². The second kappa shape index (κ2) is 7.70. The molecule has 0 saturated heterocycles. The third-order valence-corrected chi connectivity index (χ3v) is 3.10. The molecule has 0 fully saturated rings. The van der Waals surface area contributed by atoms with Gasteiger partial charge in [-0.2, -0.15) is 0 Å². The first-order valence-electron chi connectivity index (χ1n) is 6.54.